The minimum atomic E-state index is -3.11. The van der Waals surface area contributed by atoms with Crippen molar-refractivity contribution in [3.05, 3.63) is 12.1 Å². The van der Waals surface area contributed by atoms with Crippen LogP contribution in [0.2, 0.25) is 0 Å². The van der Waals surface area contributed by atoms with Crippen molar-refractivity contribution in [3.8, 4) is 0 Å². The smallest absolute Gasteiger partial charge is 0.211 e. The molecular weight excluding hydrogens is 270 g/mol. The van der Waals surface area contributed by atoms with Crippen LogP contribution in [0.15, 0.2) is 12.1 Å². The zero-order chi connectivity index (χ0) is 13.5. The van der Waals surface area contributed by atoms with Gasteiger partial charge in [-0.15, -0.1) is 14.8 Å². The van der Waals surface area contributed by atoms with E-state index in [9.17, 15) is 8.42 Å². The van der Waals surface area contributed by atoms with Crippen LogP contribution in [0.5, 0.6) is 0 Å². The summed E-state index contributed by atoms with van der Waals surface area (Å²) in [4.78, 5) is 2.02. The molecule has 19 heavy (non-hydrogen) atoms. The molecule has 3 heterocycles. The molecule has 0 amide bonds. The second-order valence-corrected chi connectivity index (χ2v) is 6.35. The number of hydrogen-bond donors (Lipinski definition) is 0. The molecule has 0 spiro atoms. The van der Waals surface area contributed by atoms with Crippen LogP contribution >= 0.6 is 0 Å². The maximum atomic E-state index is 11.4. The maximum Gasteiger partial charge on any atom is 0.211 e. The largest absolute Gasteiger partial charge is 0.352 e. The summed E-state index contributed by atoms with van der Waals surface area (Å²) in [5.74, 6) is 0.743. The summed E-state index contributed by atoms with van der Waals surface area (Å²) in [7, 11) is -3.11. The third kappa shape index (κ3) is 2.36. The van der Waals surface area contributed by atoms with Gasteiger partial charge in [0.15, 0.2) is 11.5 Å². The number of rotatable bonds is 2. The molecule has 1 aliphatic rings. The molecule has 0 aliphatic carbocycles. The van der Waals surface area contributed by atoms with Crippen LogP contribution in [-0.2, 0) is 10.0 Å². The quantitative estimate of drug-likeness (QED) is 0.668. The lowest BCUT2D eigenvalue weighted by atomic mass is 10.3. The molecule has 0 aromatic carbocycles. The molecule has 9 nitrogen and oxygen atoms in total. The standard InChI is InChI=1S/C9H13N7O2S/c1-19(17,18)15-6-4-14(5-7-15)9-3-2-8-10-12-13-16(8)11-9/h2-3H,4-7H2,1H3. The Labute approximate surface area is 109 Å². The average Bonchev–Trinajstić information content (AvgIpc) is 2.85. The predicted molar refractivity (Wildman–Crippen MR) is 67.2 cm³/mol. The maximum absolute atomic E-state index is 11.4. The van der Waals surface area contributed by atoms with Gasteiger partial charge in [0.05, 0.1) is 6.26 Å². The number of fused-ring (bicyclic) bond motifs is 1. The Balaban J connectivity index is 1.77. The summed E-state index contributed by atoms with van der Waals surface area (Å²) in [6, 6.07) is 3.62. The highest BCUT2D eigenvalue weighted by molar-refractivity contribution is 7.88. The van der Waals surface area contributed by atoms with Gasteiger partial charge in [0.1, 0.15) is 0 Å². The molecule has 0 bridgehead atoms. The van der Waals surface area contributed by atoms with Gasteiger partial charge in [0.25, 0.3) is 0 Å². The van der Waals surface area contributed by atoms with Crippen molar-refractivity contribution >= 4 is 21.5 Å². The fraction of sp³-hybridized carbons (Fsp3) is 0.556. The molecular formula is C9H13N7O2S. The Hall–Kier alpha value is -1.81. The molecule has 0 unspecified atom stereocenters. The van der Waals surface area contributed by atoms with E-state index in [0.29, 0.717) is 31.8 Å². The molecule has 102 valence electrons. The number of hydrogen-bond acceptors (Lipinski definition) is 7. The van der Waals surface area contributed by atoms with E-state index < -0.39 is 10.0 Å². The number of piperazine rings is 1. The summed E-state index contributed by atoms with van der Waals surface area (Å²) in [5, 5.41) is 15.3. The number of sulfonamides is 1. The van der Waals surface area contributed by atoms with E-state index in [0.717, 1.165) is 5.82 Å². The highest BCUT2D eigenvalue weighted by Crippen LogP contribution is 2.14. The van der Waals surface area contributed by atoms with E-state index in [1.165, 1.54) is 15.2 Å². The highest BCUT2D eigenvalue weighted by Gasteiger charge is 2.24. The van der Waals surface area contributed by atoms with E-state index >= 15 is 0 Å². The number of tetrazole rings is 1. The van der Waals surface area contributed by atoms with Gasteiger partial charge in [0.2, 0.25) is 10.0 Å². The van der Waals surface area contributed by atoms with E-state index in [2.05, 4.69) is 20.6 Å². The van der Waals surface area contributed by atoms with Gasteiger partial charge >= 0.3 is 0 Å². The van der Waals surface area contributed by atoms with Crippen LogP contribution in [0.3, 0.4) is 0 Å². The van der Waals surface area contributed by atoms with Crippen LogP contribution in [0.25, 0.3) is 5.65 Å². The van der Waals surface area contributed by atoms with Crippen molar-refractivity contribution in [2.24, 2.45) is 0 Å². The lowest BCUT2D eigenvalue weighted by Gasteiger charge is -2.33. The summed E-state index contributed by atoms with van der Waals surface area (Å²) in [6.07, 6.45) is 1.23. The third-order valence-corrected chi connectivity index (χ3v) is 4.39. The molecule has 0 atom stereocenters. The molecule has 0 saturated carbocycles. The highest BCUT2D eigenvalue weighted by atomic mass is 32.2. The first-order valence-electron chi connectivity index (χ1n) is 5.79. The number of anilines is 1. The fourth-order valence-corrected chi connectivity index (χ4v) is 2.88. The van der Waals surface area contributed by atoms with Crippen molar-refractivity contribution in [1.82, 2.24) is 29.6 Å². The van der Waals surface area contributed by atoms with Crippen molar-refractivity contribution in [3.63, 3.8) is 0 Å². The minimum Gasteiger partial charge on any atom is -0.352 e. The van der Waals surface area contributed by atoms with E-state index in [1.54, 1.807) is 6.07 Å². The predicted octanol–water partition coefficient (Wildman–Crippen LogP) is -1.40. The first-order valence-corrected chi connectivity index (χ1v) is 7.64. The molecule has 1 fully saturated rings. The molecule has 0 N–H and O–H groups in total. The normalized spacial score (nSPS) is 18.1. The van der Waals surface area contributed by atoms with Crippen LogP contribution in [0.1, 0.15) is 0 Å². The zero-order valence-corrected chi connectivity index (χ0v) is 11.2. The Kier molecular flexibility index (Phi) is 2.82. The molecule has 1 saturated heterocycles. The van der Waals surface area contributed by atoms with E-state index in [-0.39, 0.29) is 0 Å². The second kappa shape index (κ2) is 4.38. The summed E-state index contributed by atoms with van der Waals surface area (Å²) in [5.41, 5.74) is 0.582. The molecule has 0 radical (unpaired) electrons. The zero-order valence-electron chi connectivity index (χ0n) is 10.3. The molecule has 3 rings (SSSR count). The van der Waals surface area contributed by atoms with Crippen molar-refractivity contribution in [1.29, 1.82) is 0 Å². The van der Waals surface area contributed by atoms with Crippen LogP contribution in [-0.4, -0.2) is 70.4 Å². The molecule has 2 aromatic rings. The summed E-state index contributed by atoms with van der Waals surface area (Å²) < 4.78 is 25.7. The van der Waals surface area contributed by atoms with Gasteiger partial charge in [-0.2, -0.15) is 4.31 Å². The third-order valence-electron chi connectivity index (χ3n) is 3.09. The fourth-order valence-electron chi connectivity index (χ4n) is 2.06. The second-order valence-electron chi connectivity index (χ2n) is 4.37. The first-order chi connectivity index (χ1) is 9.04. The number of nitrogens with zero attached hydrogens (tertiary/aromatic N) is 7. The van der Waals surface area contributed by atoms with Gasteiger partial charge in [-0.05, 0) is 22.6 Å². The van der Waals surface area contributed by atoms with E-state index in [1.807, 2.05) is 11.0 Å². The topological polar surface area (TPSA) is 96.6 Å². The average molecular weight is 283 g/mol. The summed E-state index contributed by atoms with van der Waals surface area (Å²) >= 11 is 0. The first kappa shape index (κ1) is 12.2. The van der Waals surface area contributed by atoms with Crippen molar-refractivity contribution in [2.75, 3.05) is 37.3 Å². The van der Waals surface area contributed by atoms with Gasteiger partial charge in [-0.3, -0.25) is 0 Å². The number of aromatic nitrogens is 5. The van der Waals surface area contributed by atoms with Crippen molar-refractivity contribution < 1.29 is 8.42 Å². The molecule has 1 aliphatic heterocycles. The summed E-state index contributed by atoms with van der Waals surface area (Å²) in [6.45, 7) is 2.14. The van der Waals surface area contributed by atoms with Crippen LogP contribution in [0.4, 0.5) is 5.82 Å². The Morgan fingerprint density at radius 2 is 1.89 bits per heavy atom. The SMILES string of the molecule is CS(=O)(=O)N1CCN(c2ccc3nnnn3n2)CC1. The van der Waals surface area contributed by atoms with Crippen LogP contribution < -0.4 is 4.90 Å². The molecule has 10 heteroatoms. The Bertz CT molecular complexity index is 689. The van der Waals surface area contributed by atoms with Gasteiger partial charge in [-0.25, -0.2) is 8.42 Å². The Morgan fingerprint density at radius 3 is 2.58 bits per heavy atom. The van der Waals surface area contributed by atoms with Crippen LogP contribution in [0, 0.1) is 0 Å². The van der Waals surface area contributed by atoms with Crippen molar-refractivity contribution in [2.45, 2.75) is 0 Å². The lowest BCUT2D eigenvalue weighted by Crippen LogP contribution is -2.48. The van der Waals surface area contributed by atoms with Gasteiger partial charge in [0, 0.05) is 26.2 Å². The monoisotopic (exact) mass is 283 g/mol. The minimum absolute atomic E-state index is 0.466. The molecule has 2 aromatic heterocycles. The van der Waals surface area contributed by atoms with E-state index in [4.69, 9.17) is 0 Å². The van der Waals surface area contributed by atoms with Gasteiger partial charge in [-0.1, -0.05) is 0 Å². The van der Waals surface area contributed by atoms with Gasteiger partial charge < -0.3 is 4.90 Å². The Morgan fingerprint density at radius 1 is 1.16 bits per heavy atom. The lowest BCUT2D eigenvalue weighted by molar-refractivity contribution is 0.386.